The molecule has 0 fully saturated rings. The van der Waals surface area contributed by atoms with Crippen molar-refractivity contribution in [2.24, 2.45) is 0 Å². The van der Waals surface area contributed by atoms with Gasteiger partial charge in [0.05, 0.1) is 0 Å². The second kappa shape index (κ2) is 3.77. The molecular formula is C14H11NO3. The van der Waals surface area contributed by atoms with Crippen LogP contribution in [0.2, 0.25) is 0 Å². The molecular weight excluding hydrogens is 230 g/mol. The van der Waals surface area contributed by atoms with Gasteiger partial charge in [0.1, 0.15) is 17.0 Å². The second-order valence-corrected chi connectivity index (χ2v) is 4.17. The standard InChI is InChI=1S/C14H11NO3/c1-8-6-9(16)2-4-11(8)14-15-12-5-3-10(17)7-13(12)18-14/h2-7,16-17H,1H3. The quantitative estimate of drug-likeness (QED) is 0.686. The van der Waals surface area contributed by atoms with E-state index in [1.165, 1.54) is 6.07 Å². The van der Waals surface area contributed by atoms with E-state index in [0.717, 1.165) is 11.1 Å². The molecule has 3 aromatic rings. The number of nitrogens with zero attached hydrogens (tertiary/aromatic N) is 1. The predicted molar refractivity (Wildman–Crippen MR) is 67.5 cm³/mol. The van der Waals surface area contributed by atoms with E-state index in [2.05, 4.69) is 4.98 Å². The molecule has 90 valence electrons. The molecule has 0 aliphatic rings. The van der Waals surface area contributed by atoms with Gasteiger partial charge in [-0.2, -0.15) is 0 Å². The van der Waals surface area contributed by atoms with Crippen LogP contribution in [0.3, 0.4) is 0 Å². The van der Waals surface area contributed by atoms with E-state index in [0.29, 0.717) is 17.0 Å². The van der Waals surface area contributed by atoms with Gasteiger partial charge >= 0.3 is 0 Å². The maximum absolute atomic E-state index is 9.38. The summed E-state index contributed by atoms with van der Waals surface area (Å²) in [6.07, 6.45) is 0. The van der Waals surface area contributed by atoms with Crippen LogP contribution in [0.5, 0.6) is 11.5 Å². The number of aryl methyl sites for hydroxylation is 1. The fraction of sp³-hybridized carbons (Fsp3) is 0.0714. The maximum Gasteiger partial charge on any atom is 0.227 e. The van der Waals surface area contributed by atoms with Crippen molar-refractivity contribution < 1.29 is 14.6 Å². The highest BCUT2D eigenvalue weighted by atomic mass is 16.3. The van der Waals surface area contributed by atoms with Crippen LogP contribution in [0.15, 0.2) is 40.8 Å². The third-order valence-corrected chi connectivity index (χ3v) is 2.81. The van der Waals surface area contributed by atoms with Gasteiger partial charge in [0, 0.05) is 11.6 Å². The van der Waals surface area contributed by atoms with Crippen molar-refractivity contribution in [1.29, 1.82) is 0 Å². The lowest BCUT2D eigenvalue weighted by atomic mass is 10.1. The molecule has 0 spiro atoms. The summed E-state index contributed by atoms with van der Waals surface area (Å²) in [6.45, 7) is 1.88. The minimum atomic E-state index is 0.146. The van der Waals surface area contributed by atoms with Gasteiger partial charge in [-0.25, -0.2) is 4.98 Å². The molecule has 0 amide bonds. The minimum absolute atomic E-state index is 0.146. The summed E-state index contributed by atoms with van der Waals surface area (Å²) >= 11 is 0. The largest absolute Gasteiger partial charge is 0.508 e. The first-order valence-electron chi connectivity index (χ1n) is 5.53. The maximum atomic E-state index is 9.38. The smallest absolute Gasteiger partial charge is 0.227 e. The molecule has 0 bridgehead atoms. The molecule has 1 aromatic heterocycles. The van der Waals surface area contributed by atoms with Crippen molar-refractivity contribution >= 4 is 11.1 Å². The number of phenolic OH excluding ortho intramolecular Hbond substituents is 2. The summed E-state index contributed by atoms with van der Waals surface area (Å²) in [4.78, 5) is 4.36. The monoisotopic (exact) mass is 241 g/mol. The molecule has 4 heteroatoms. The van der Waals surface area contributed by atoms with Crippen LogP contribution in [-0.4, -0.2) is 15.2 Å². The van der Waals surface area contributed by atoms with E-state index >= 15 is 0 Å². The molecule has 2 aromatic carbocycles. The molecule has 1 heterocycles. The van der Waals surface area contributed by atoms with Gasteiger partial charge in [-0.05, 0) is 42.8 Å². The lowest BCUT2D eigenvalue weighted by Crippen LogP contribution is -1.82. The lowest BCUT2D eigenvalue weighted by Gasteiger charge is -2.01. The van der Waals surface area contributed by atoms with Gasteiger partial charge < -0.3 is 14.6 Å². The number of oxazole rings is 1. The number of rotatable bonds is 1. The molecule has 0 saturated heterocycles. The summed E-state index contributed by atoms with van der Waals surface area (Å²) in [7, 11) is 0. The van der Waals surface area contributed by atoms with Crippen LogP contribution in [0, 0.1) is 6.92 Å². The number of hydrogen-bond donors (Lipinski definition) is 2. The van der Waals surface area contributed by atoms with E-state index in [1.54, 1.807) is 30.3 Å². The molecule has 4 nitrogen and oxygen atoms in total. The van der Waals surface area contributed by atoms with Crippen LogP contribution < -0.4 is 0 Å². The Morgan fingerprint density at radius 3 is 2.50 bits per heavy atom. The Bertz CT molecular complexity index is 731. The topological polar surface area (TPSA) is 66.5 Å². The number of fused-ring (bicyclic) bond motifs is 1. The van der Waals surface area contributed by atoms with E-state index < -0.39 is 0 Å². The Morgan fingerprint density at radius 1 is 1.00 bits per heavy atom. The van der Waals surface area contributed by atoms with Crippen molar-refractivity contribution in [3.8, 4) is 23.0 Å². The summed E-state index contributed by atoms with van der Waals surface area (Å²) < 4.78 is 5.60. The summed E-state index contributed by atoms with van der Waals surface area (Å²) in [5.74, 6) is 0.839. The predicted octanol–water partition coefficient (Wildman–Crippen LogP) is 3.21. The first-order valence-corrected chi connectivity index (χ1v) is 5.53. The van der Waals surface area contributed by atoms with Crippen molar-refractivity contribution in [2.75, 3.05) is 0 Å². The van der Waals surface area contributed by atoms with E-state index in [9.17, 15) is 10.2 Å². The van der Waals surface area contributed by atoms with Crippen LogP contribution in [0.25, 0.3) is 22.6 Å². The molecule has 2 N–H and O–H groups in total. The second-order valence-electron chi connectivity index (χ2n) is 4.17. The van der Waals surface area contributed by atoms with E-state index in [1.807, 2.05) is 6.92 Å². The molecule has 18 heavy (non-hydrogen) atoms. The highest BCUT2D eigenvalue weighted by Gasteiger charge is 2.11. The van der Waals surface area contributed by atoms with Crippen LogP contribution in [0.4, 0.5) is 0 Å². The van der Waals surface area contributed by atoms with Gasteiger partial charge in [0.2, 0.25) is 5.89 Å². The molecule has 0 aliphatic heterocycles. The fourth-order valence-corrected chi connectivity index (χ4v) is 1.92. The number of aromatic hydroxyl groups is 2. The van der Waals surface area contributed by atoms with Crippen molar-refractivity contribution in [3.63, 3.8) is 0 Å². The highest BCUT2D eigenvalue weighted by Crippen LogP contribution is 2.29. The number of hydrogen-bond acceptors (Lipinski definition) is 4. The van der Waals surface area contributed by atoms with Crippen molar-refractivity contribution in [3.05, 3.63) is 42.0 Å². The van der Waals surface area contributed by atoms with E-state index in [-0.39, 0.29) is 11.5 Å². The molecule has 3 rings (SSSR count). The first kappa shape index (κ1) is 10.7. The first-order chi connectivity index (χ1) is 8.63. The van der Waals surface area contributed by atoms with Crippen LogP contribution in [-0.2, 0) is 0 Å². The normalized spacial score (nSPS) is 10.9. The Morgan fingerprint density at radius 2 is 1.72 bits per heavy atom. The van der Waals surface area contributed by atoms with Crippen molar-refractivity contribution in [2.45, 2.75) is 6.92 Å². The fourth-order valence-electron chi connectivity index (χ4n) is 1.92. The van der Waals surface area contributed by atoms with Gasteiger partial charge in [0.25, 0.3) is 0 Å². The van der Waals surface area contributed by atoms with Gasteiger partial charge in [-0.1, -0.05) is 0 Å². The van der Waals surface area contributed by atoms with E-state index in [4.69, 9.17) is 4.42 Å². The third kappa shape index (κ3) is 1.68. The lowest BCUT2D eigenvalue weighted by molar-refractivity contribution is 0.474. The molecule has 0 aliphatic carbocycles. The van der Waals surface area contributed by atoms with Gasteiger partial charge in [-0.15, -0.1) is 0 Å². The molecule has 0 atom stereocenters. The van der Waals surface area contributed by atoms with Crippen LogP contribution >= 0.6 is 0 Å². The average Bonchev–Trinajstić information content (AvgIpc) is 2.71. The SMILES string of the molecule is Cc1cc(O)ccc1-c1nc2ccc(O)cc2o1. The van der Waals surface area contributed by atoms with Crippen molar-refractivity contribution in [1.82, 2.24) is 4.98 Å². The van der Waals surface area contributed by atoms with Gasteiger partial charge in [-0.3, -0.25) is 0 Å². The van der Waals surface area contributed by atoms with Gasteiger partial charge in [0.15, 0.2) is 5.58 Å². The Kier molecular flexibility index (Phi) is 2.23. The zero-order valence-electron chi connectivity index (χ0n) is 9.71. The number of benzene rings is 2. The average molecular weight is 241 g/mol. The highest BCUT2D eigenvalue weighted by molar-refractivity contribution is 5.78. The third-order valence-electron chi connectivity index (χ3n) is 2.81. The Balaban J connectivity index is 2.19. The zero-order valence-corrected chi connectivity index (χ0v) is 9.71. The zero-order chi connectivity index (χ0) is 12.7. The number of phenols is 2. The summed E-state index contributed by atoms with van der Waals surface area (Å²) in [5, 5.41) is 18.8. The number of aromatic nitrogens is 1. The molecule has 0 saturated carbocycles. The molecule has 0 unspecified atom stereocenters. The Labute approximate surface area is 103 Å². The summed E-state index contributed by atoms with van der Waals surface area (Å²) in [6, 6.07) is 9.80. The Hall–Kier alpha value is -2.49. The van der Waals surface area contributed by atoms with Crippen LogP contribution in [0.1, 0.15) is 5.56 Å². The molecule has 0 radical (unpaired) electrons. The summed E-state index contributed by atoms with van der Waals surface area (Å²) in [5.41, 5.74) is 2.93. The minimum Gasteiger partial charge on any atom is -0.508 e.